The second-order valence-electron chi connectivity index (χ2n) is 4.94. The van der Waals surface area contributed by atoms with Crippen molar-refractivity contribution in [3.05, 3.63) is 29.8 Å². The molecule has 0 heterocycles. The first-order chi connectivity index (χ1) is 7.59. The number of hydrogen-bond acceptors (Lipinski definition) is 2. The Hall–Kier alpha value is -1.02. The van der Waals surface area contributed by atoms with Crippen molar-refractivity contribution in [3.63, 3.8) is 0 Å². The van der Waals surface area contributed by atoms with Gasteiger partial charge in [0.2, 0.25) is 0 Å². The summed E-state index contributed by atoms with van der Waals surface area (Å²) in [7, 11) is 1.97. The zero-order valence-electron chi connectivity index (χ0n) is 10.8. The fourth-order valence-corrected chi connectivity index (χ4v) is 1.74. The average molecular weight is 221 g/mol. The van der Waals surface area contributed by atoms with Crippen molar-refractivity contribution in [2.45, 2.75) is 27.2 Å². The molecule has 0 radical (unpaired) electrons. The fourth-order valence-electron chi connectivity index (χ4n) is 1.74. The van der Waals surface area contributed by atoms with E-state index in [0.717, 1.165) is 25.3 Å². The van der Waals surface area contributed by atoms with Crippen molar-refractivity contribution in [1.82, 2.24) is 5.32 Å². The molecular formula is C14H23NO. The predicted octanol–water partition coefficient (Wildman–Crippen LogP) is 2.87. The maximum Gasteiger partial charge on any atom is 0.122 e. The molecule has 90 valence electrons. The molecule has 2 nitrogen and oxygen atoms in total. The lowest BCUT2D eigenvalue weighted by Gasteiger charge is -2.25. The molecule has 2 heteroatoms. The molecule has 0 saturated carbocycles. The summed E-state index contributed by atoms with van der Waals surface area (Å²) in [6, 6.07) is 8.26. The molecule has 0 fully saturated rings. The summed E-state index contributed by atoms with van der Waals surface area (Å²) in [4.78, 5) is 0. The van der Waals surface area contributed by atoms with Crippen LogP contribution < -0.4 is 10.1 Å². The van der Waals surface area contributed by atoms with Crippen LogP contribution in [-0.4, -0.2) is 20.2 Å². The van der Waals surface area contributed by atoms with E-state index in [2.05, 4.69) is 38.2 Å². The average Bonchev–Trinajstić information content (AvgIpc) is 2.27. The Labute approximate surface area is 99.0 Å². The zero-order chi connectivity index (χ0) is 12.0. The number of aryl methyl sites for hydroxylation is 1. The van der Waals surface area contributed by atoms with Gasteiger partial charge in [-0.1, -0.05) is 39.0 Å². The molecule has 1 aromatic rings. The maximum atomic E-state index is 5.91. The van der Waals surface area contributed by atoms with Gasteiger partial charge in [-0.15, -0.1) is 0 Å². The van der Waals surface area contributed by atoms with Gasteiger partial charge in [-0.05, 0) is 25.1 Å². The Kier molecular flexibility index (Phi) is 4.81. The number of hydrogen-bond donors (Lipinski definition) is 1. The number of para-hydroxylation sites is 1. The van der Waals surface area contributed by atoms with Crippen LogP contribution in [0.25, 0.3) is 0 Å². The van der Waals surface area contributed by atoms with E-state index in [0.29, 0.717) is 0 Å². The molecule has 0 bridgehead atoms. The quantitative estimate of drug-likeness (QED) is 0.797. The Morgan fingerprint density at radius 3 is 2.56 bits per heavy atom. The van der Waals surface area contributed by atoms with Gasteiger partial charge in [0.25, 0.3) is 0 Å². The van der Waals surface area contributed by atoms with Crippen LogP contribution in [-0.2, 0) is 6.42 Å². The lowest BCUT2D eigenvalue weighted by molar-refractivity contribution is 0.178. The number of nitrogens with one attached hydrogen (secondary N) is 1. The Morgan fingerprint density at radius 1 is 1.25 bits per heavy atom. The maximum absolute atomic E-state index is 5.91. The van der Waals surface area contributed by atoms with E-state index in [1.165, 1.54) is 5.56 Å². The fraction of sp³-hybridized carbons (Fsp3) is 0.571. The molecule has 0 aliphatic heterocycles. The van der Waals surface area contributed by atoms with E-state index >= 15 is 0 Å². The van der Waals surface area contributed by atoms with Crippen LogP contribution in [0.3, 0.4) is 0 Å². The van der Waals surface area contributed by atoms with Crippen molar-refractivity contribution < 1.29 is 4.74 Å². The van der Waals surface area contributed by atoms with Crippen LogP contribution in [0.4, 0.5) is 0 Å². The van der Waals surface area contributed by atoms with E-state index in [-0.39, 0.29) is 5.41 Å². The van der Waals surface area contributed by atoms with E-state index in [9.17, 15) is 0 Å². The highest BCUT2D eigenvalue weighted by Gasteiger charge is 2.18. The number of ether oxygens (including phenoxy) is 1. The molecule has 0 spiro atoms. The van der Waals surface area contributed by atoms with Crippen molar-refractivity contribution in [3.8, 4) is 5.75 Å². The first kappa shape index (κ1) is 13.0. The first-order valence-electron chi connectivity index (χ1n) is 5.94. The van der Waals surface area contributed by atoms with E-state index in [1.54, 1.807) is 0 Å². The minimum absolute atomic E-state index is 0.162. The van der Waals surface area contributed by atoms with E-state index in [1.807, 2.05) is 19.2 Å². The molecule has 1 aromatic carbocycles. The molecule has 0 aliphatic rings. The minimum Gasteiger partial charge on any atom is -0.493 e. The second kappa shape index (κ2) is 5.90. The SMILES string of the molecule is CCc1ccccc1OCC(C)(C)CNC. The third-order valence-corrected chi connectivity index (χ3v) is 2.63. The van der Waals surface area contributed by atoms with E-state index < -0.39 is 0 Å². The van der Waals surface area contributed by atoms with Crippen LogP contribution in [0.5, 0.6) is 5.75 Å². The monoisotopic (exact) mass is 221 g/mol. The highest BCUT2D eigenvalue weighted by molar-refractivity contribution is 5.33. The largest absolute Gasteiger partial charge is 0.493 e. The predicted molar refractivity (Wildman–Crippen MR) is 69.0 cm³/mol. The molecule has 0 amide bonds. The summed E-state index contributed by atoms with van der Waals surface area (Å²) in [5, 5.41) is 3.19. The standard InChI is InChI=1S/C14H23NO/c1-5-12-8-6-7-9-13(12)16-11-14(2,3)10-15-4/h6-9,15H,5,10-11H2,1-4H3. The normalized spacial score (nSPS) is 11.5. The Morgan fingerprint density at radius 2 is 1.94 bits per heavy atom. The van der Waals surface area contributed by atoms with Crippen molar-refractivity contribution in [2.75, 3.05) is 20.2 Å². The molecule has 0 unspecified atom stereocenters. The highest BCUT2D eigenvalue weighted by atomic mass is 16.5. The molecular weight excluding hydrogens is 198 g/mol. The second-order valence-corrected chi connectivity index (χ2v) is 4.94. The summed E-state index contributed by atoms with van der Waals surface area (Å²) in [5.41, 5.74) is 1.44. The number of benzene rings is 1. The molecule has 0 aromatic heterocycles. The molecule has 0 aliphatic carbocycles. The van der Waals surface area contributed by atoms with Gasteiger partial charge in [0.15, 0.2) is 0 Å². The van der Waals surface area contributed by atoms with Crippen molar-refractivity contribution in [1.29, 1.82) is 0 Å². The first-order valence-corrected chi connectivity index (χ1v) is 5.94. The third-order valence-electron chi connectivity index (χ3n) is 2.63. The smallest absolute Gasteiger partial charge is 0.122 e. The summed E-state index contributed by atoms with van der Waals surface area (Å²) in [6.07, 6.45) is 1.02. The molecule has 1 rings (SSSR count). The third kappa shape index (κ3) is 3.86. The topological polar surface area (TPSA) is 21.3 Å². The van der Waals surface area contributed by atoms with Crippen LogP contribution >= 0.6 is 0 Å². The lowest BCUT2D eigenvalue weighted by Crippen LogP contribution is -2.32. The van der Waals surface area contributed by atoms with Crippen LogP contribution in [0.15, 0.2) is 24.3 Å². The Bertz CT molecular complexity index is 320. The van der Waals surface area contributed by atoms with Gasteiger partial charge in [0.05, 0.1) is 6.61 Å². The Balaban J connectivity index is 2.60. The van der Waals surface area contributed by atoms with Gasteiger partial charge in [-0.25, -0.2) is 0 Å². The molecule has 0 saturated heterocycles. The summed E-state index contributed by atoms with van der Waals surface area (Å²) in [5.74, 6) is 1.02. The summed E-state index contributed by atoms with van der Waals surface area (Å²) >= 11 is 0. The summed E-state index contributed by atoms with van der Waals surface area (Å²) in [6.45, 7) is 8.27. The van der Waals surface area contributed by atoms with Crippen LogP contribution in [0.2, 0.25) is 0 Å². The highest BCUT2D eigenvalue weighted by Crippen LogP contribution is 2.22. The molecule has 16 heavy (non-hydrogen) atoms. The van der Waals surface area contributed by atoms with E-state index in [4.69, 9.17) is 4.74 Å². The minimum atomic E-state index is 0.162. The van der Waals surface area contributed by atoms with Gasteiger partial charge in [-0.2, -0.15) is 0 Å². The van der Waals surface area contributed by atoms with Crippen LogP contribution in [0, 0.1) is 5.41 Å². The van der Waals surface area contributed by atoms with Gasteiger partial charge in [-0.3, -0.25) is 0 Å². The zero-order valence-corrected chi connectivity index (χ0v) is 10.8. The molecule has 1 N–H and O–H groups in total. The van der Waals surface area contributed by atoms with Gasteiger partial charge in [0, 0.05) is 12.0 Å². The lowest BCUT2D eigenvalue weighted by atomic mass is 9.95. The summed E-state index contributed by atoms with van der Waals surface area (Å²) < 4.78 is 5.91. The van der Waals surface area contributed by atoms with Gasteiger partial charge in [0.1, 0.15) is 5.75 Å². The van der Waals surface area contributed by atoms with Crippen molar-refractivity contribution >= 4 is 0 Å². The van der Waals surface area contributed by atoms with Crippen LogP contribution in [0.1, 0.15) is 26.3 Å². The van der Waals surface area contributed by atoms with Gasteiger partial charge < -0.3 is 10.1 Å². The van der Waals surface area contributed by atoms with Gasteiger partial charge >= 0.3 is 0 Å². The molecule has 0 atom stereocenters. The van der Waals surface area contributed by atoms with Crippen molar-refractivity contribution in [2.24, 2.45) is 5.41 Å². The number of rotatable bonds is 6.